The lowest BCUT2D eigenvalue weighted by molar-refractivity contribution is -0.143. The van der Waals surface area contributed by atoms with Gasteiger partial charge in [0.1, 0.15) is 11.5 Å². The average Bonchev–Trinajstić information content (AvgIpc) is 2.93. The zero-order valence-electron chi connectivity index (χ0n) is 23.3. The lowest BCUT2D eigenvalue weighted by Gasteiger charge is -2.26. The van der Waals surface area contributed by atoms with Gasteiger partial charge in [-0.15, -0.1) is 0 Å². The van der Waals surface area contributed by atoms with Crippen LogP contribution in [0.4, 0.5) is 0 Å². The van der Waals surface area contributed by atoms with Crippen LogP contribution in [0.2, 0.25) is 0 Å². The van der Waals surface area contributed by atoms with Gasteiger partial charge in [0.15, 0.2) is 0 Å². The van der Waals surface area contributed by atoms with Crippen molar-refractivity contribution in [2.24, 2.45) is 0 Å². The van der Waals surface area contributed by atoms with Crippen molar-refractivity contribution in [1.29, 1.82) is 0 Å². The molecule has 2 aromatic rings. The van der Waals surface area contributed by atoms with Crippen LogP contribution in [-0.4, -0.2) is 42.5 Å². The number of hydrogen-bond acceptors (Lipinski definition) is 8. The van der Waals surface area contributed by atoms with Crippen molar-refractivity contribution in [3.8, 4) is 11.5 Å². The highest BCUT2D eigenvalue weighted by Gasteiger charge is 2.25. The Morgan fingerprint density at radius 2 is 1.57 bits per heavy atom. The van der Waals surface area contributed by atoms with Gasteiger partial charge in [0, 0.05) is 28.7 Å². The number of aliphatic hydroxyl groups excluding tert-OH is 1. The monoisotopic (exact) mass is 548 g/mol. The van der Waals surface area contributed by atoms with Gasteiger partial charge >= 0.3 is 17.9 Å². The summed E-state index contributed by atoms with van der Waals surface area (Å²) >= 11 is 0. The summed E-state index contributed by atoms with van der Waals surface area (Å²) in [5.74, 6) is -0.246. The molecule has 1 atom stereocenters. The molecular formula is C32H36O8. The molecule has 1 heterocycles. The van der Waals surface area contributed by atoms with Crippen molar-refractivity contribution in [3.63, 3.8) is 0 Å². The zero-order valence-corrected chi connectivity index (χ0v) is 23.3. The molecule has 0 aromatic heterocycles. The number of benzene rings is 2. The summed E-state index contributed by atoms with van der Waals surface area (Å²) in [6.07, 6.45) is 3.45. The standard InChI is InChI=1S/C32H36O8/c1-6-28(33)37-15-7-9-22-17-24(10-8-16-38-30(34)20(2)3)29-25(18-22)19-27(32(36)40-29)23-11-13-26(14-12-23)39-31(35)21(4)5/h11-14,17-19,32,36H,2,4,6-10,15-16H2,1,3,5H3. The molecule has 0 fully saturated rings. The van der Waals surface area contributed by atoms with Crippen LogP contribution in [0.5, 0.6) is 11.5 Å². The zero-order chi connectivity index (χ0) is 29.2. The summed E-state index contributed by atoms with van der Waals surface area (Å²) in [5.41, 5.74) is 4.60. The smallest absolute Gasteiger partial charge is 0.338 e. The fraction of sp³-hybridized carbons (Fsp3) is 0.344. The molecule has 1 aliphatic heterocycles. The molecule has 2 aromatic carbocycles. The van der Waals surface area contributed by atoms with Crippen molar-refractivity contribution in [2.75, 3.05) is 13.2 Å². The van der Waals surface area contributed by atoms with E-state index in [0.29, 0.717) is 72.5 Å². The maximum Gasteiger partial charge on any atom is 0.338 e. The third-order valence-corrected chi connectivity index (χ3v) is 6.14. The molecule has 0 aliphatic carbocycles. The van der Waals surface area contributed by atoms with Gasteiger partial charge in [0.05, 0.1) is 13.2 Å². The maximum absolute atomic E-state index is 11.8. The van der Waals surface area contributed by atoms with Crippen molar-refractivity contribution in [2.45, 2.75) is 59.2 Å². The van der Waals surface area contributed by atoms with E-state index >= 15 is 0 Å². The number of fused-ring (bicyclic) bond motifs is 1. The minimum Gasteiger partial charge on any atom is -0.466 e. The first-order valence-corrected chi connectivity index (χ1v) is 13.3. The van der Waals surface area contributed by atoms with Crippen LogP contribution in [0.15, 0.2) is 60.7 Å². The number of esters is 3. The van der Waals surface area contributed by atoms with Gasteiger partial charge in [0.2, 0.25) is 6.29 Å². The number of carbonyl (C=O) groups excluding carboxylic acids is 3. The second-order valence-corrected chi connectivity index (χ2v) is 9.63. The molecule has 0 saturated heterocycles. The fourth-order valence-electron chi connectivity index (χ4n) is 4.03. The van der Waals surface area contributed by atoms with Crippen LogP contribution in [0.1, 0.15) is 62.3 Å². The average molecular weight is 549 g/mol. The number of rotatable bonds is 13. The lowest BCUT2D eigenvalue weighted by Crippen LogP contribution is -2.22. The fourth-order valence-corrected chi connectivity index (χ4v) is 4.03. The van der Waals surface area contributed by atoms with Gasteiger partial charge in [-0.05, 0) is 80.5 Å². The molecule has 0 spiro atoms. The largest absolute Gasteiger partial charge is 0.466 e. The van der Waals surface area contributed by atoms with Crippen LogP contribution in [0.25, 0.3) is 11.6 Å². The van der Waals surface area contributed by atoms with Gasteiger partial charge in [-0.2, -0.15) is 0 Å². The van der Waals surface area contributed by atoms with Crippen molar-refractivity contribution < 1.29 is 38.4 Å². The third kappa shape index (κ3) is 8.41. The number of aliphatic hydroxyl groups is 1. The highest BCUT2D eigenvalue weighted by molar-refractivity contribution is 5.89. The van der Waals surface area contributed by atoms with Gasteiger partial charge in [0.25, 0.3) is 0 Å². The molecule has 3 rings (SSSR count). The summed E-state index contributed by atoms with van der Waals surface area (Å²) < 4.78 is 21.7. The van der Waals surface area contributed by atoms with E-state index in [0.717, 1.165) is 16.7 Å². The van der Waals surface area contributed by atoms with Crippen molar-refractivity contribution in [3.05, 3.63) is 83.0 Å². The Morgan fingerprint density at radius 1 is 0.925 bits per heavy atom. The quantitative estimate of drug-likeness (QED) is 0.154. The minimum absolute atomic E-state index is 0.226. The van der Waals surface area contributed by atoms with Crippen LogP contribution in [0, 0.1) is 0 Å². The molecule has 1 N–H and O–H groups in total. The third-order valence-electron chi connectivity index (χ3n) is 6.14. The summed E-state index contributed by atoms with van der Waals surface area (Å²) in [4.78, 5) is 35.0. The molecule has 1 unspecified atom stereocenters. The number of aryl methyl sites for hydroxylation is 2. The van der Waals surface area contributed by atoms with Gasteiger partial charge < -0.3 is 24.1 Å². The topological polar surface area (TPSA) is 108 Å². The predicted molar refractivity (Wildman–Crippen MR) is 152 cm³/mol. The SMILES string of the molecule is C=C(C)C(=O)OCCCc1cc(CCCOC(=O)CC)cc2c1OC(O)C(c1ccc(OC(=O)C(=C)C)cc1)=C2. The normalized spacial score (nSPS) is 13.8. The summed E-state index contributed by atoms with van der Waals surface area (Å²) in [7, 11) is 0. The van der Waals surface area contributed by atoms with E-state index in [2.05, 4.69) is 13.2 Å². The highest BCUT2D eigenvalue weighted by atomic mass is 16.6. The summed E-state index contributed by atoms with van der Waals surface area (Å²) in [6, 6.07) is 10.8. The Morgan fingerprint density at radius 3 is 2.23 bits per heavy atom. The highest BCUT2D eigenvalue weighted by Crippen LogP contribution is 2.38. The summed E-state index contributed by atoms with van der Waals surface area (Å²) in [6.45, 7) is 12.7. The molecule has 0 radical (unpaired) electrons. The molecule has 40 heavy (non-hydrogen) atoms. The van der Waals surface area contributed by atoms with E-state index in [4.69, 9.17) is 18.9 Å². The predicted octanol–water partition coefficient (Wildman–Crippen LogP) is 5.36. The first kappa shape index (κ1) is 30.4. The molecule has 8 nitrogen and oxygen atoms in total. The molecule has 1 aliphatic rings. The second kappa shape index (κ2) is 14.3. The Hall–Kier alpha value is -4.17. The first-order chi connectivity index (χ1) is 19.1. The molecule has 0 bridgehead atoms. The van der Waals surface area contributed by atoms with E-state index in [1.807, 2.05) is 18.2 Å². The van der Waals surface area contributed by atoms with Crippen LogP contribution < -0.4 is 9.47 Å². The lowest BCUT2D eigenvalue weighted by atomic mass is 9.93. The Labute approximate surface area is 234 Å². The van der Waals surface area contributed by atoms with E-state index in [9.17, 15) is 19.5 Å². The second-order valence-electron chi connectivity index (χ2n) is 9.63. The molecule has 0 saturated carbocycles. The minimum atomic E-state index is -1.21. The Bertz CT molecular complexity index is 1300. The molecular weight excluding hydrogens is 512 g/mol. The van der Waals surface area contributed by atoms with E-state index in [-0.39, 0.29) is 12.6 Å². The first-order valence-electron chi connectivity index (χ1n) is 13.3. The van der Waals surface area contributed by atoms with Gasteiger partial charge in [-0.1, -0.05) is 38.3 Å². The molecule has 212 valence electrons. The Balaban J connectivity index is 1.84. The number of carbonyl (C=O) groups is 3. The number of hydrogen-bond donors (Lipinski definition) is 1. The van der Waals surface area contributed by atoms with E-state index < -0.39 is 18.2 Å². The van der Waals surface area contributed by atoms with Crippen molar-refractivity contribution >= 4 is 29.6 Å². The summed E-state index contributed by atoms with van der Waals surface area (Å²) in [5, 5.41) is 10.9. The van der Waals surface area contributed by atoms with Crippen molar-refractivity contribution in [1.82, 2.24) is 0 Å². The van der Waals surface area contributed by atoms with E-state index in [1.54, 1.807) is 45.0 Å². The number of ether oxygens (including phenoxy) is 4. The molecule has 0 amide bonds. The Kier molecular flexibility index (Phi) is 10.8. The van der Waals surface area contributed by atoms with Gasteiger partial charge in [-0.25, -0.2) is 9.59 Å². The van der Waals surface area contributed by atoms with Gasteiger partial charge in [-0.3, -0.25) is 4.79 Å². The molecule has 8 heteroatoms. The van der Waals surface area contributed by atoms with Crippen LogP contribution >= 0.6 is 0 Å². The van der Waals surface area contributed by atoms with E-state index in [1.165, 1.54) is 0 Å². The maximum atomic E-state index is 11.8. The van der Waals surface area contributed by atoms with Crippen LogP contribution in [0.3, 0.4) is 0 Å². The van der Waals surface area contributed by atoms with Crippen LogP contribution in [-0.2, 0) is 36.7 Å².